The number of aliphatic hydroxyl groups is 1. The molecule has 114 valence electrons. The molecule has 0 bridgehead atoms. The molecule has 1 aromatic carbocycles. The van der Waals surface area contributed by atoms with Crippen molar-refractivity contribution in [3.63, 3.8) is 0 Å². The topological polar surface area (TPSA) is 75.9 Å². The summed E-state index contributed by atoms with van der Waals surface area (Å²) in [6.45, 7) is 2.24. The molecule has 0 saturated carbocycles. The Morgan fingerprint density at radius 3 is 2.77 bits per heavy atom. The summed E-state index contributed by atoms with van der Waals surface area (Å²) in [5.74, 6) is 0.757. The van der Waals surface area contributed by atoms with Gasteiger partial charge in [-0.25, -0.2) is 14.6 Å². The molecule has 1 atom stereocenters. The highest BCUT2D eigenvalue weighted by molar-refractivity contribution is 5.87. The summed E-state index contributed by atoms with van der Waals surface area (Å²) in [6.07, 6.45) is 4.92. The predicted molar refractivity (Wildman–Crippen MR) is 86.1 cm³/mol. The van der Waals surface area contributed by atoms with Crippen molar-refractivity contribution in [2.75, 3.05) is 11.9 Å². The van der Waals surface area contributed by atoms with Crippen molar-refractivity contribution in [1.29, 1.82) is 0 Å². The molecule has 2 aromatic heterocycles. The minimum absolute atomic E-state index is 0.156. The molecule has 3 rings (SSSR count). The fourth-order valence-electron chi connectivity index (χ4n) is 2.44. The Bertz CT molecular complexity index is 741. The van der Waals surface area contributed by atoms with Gasteiger partial charge in [0.25, 0.3) is 0 Å². The van der Waals surface area contributed by atoms with Crippen LogP contribution in [0, 0.1) is 0 Å². The second kappa shape index (κ2) is 6.53. The molecule has 2 N–H and O–H groups in total. The Labute approximate surface area is 128 Å². The van der Waals surface area contributed by atoms with Gasteiger partial charge in [-0.15, -0.1) is 0 Å². The highest BCUT2D eigenvalue weighted by Gasteiger charge is 2.13. The van der Waals surface area contributed by atoms with E-state index >= 15 is 0 Å². The molecule has 0 fully saturated rings. The number of fused-ring (bicyclic) bond motifs is 1. The van der Waals surface area contributed by atoms with Crippen molar-refractivity contribution in [1.82, 2.24) is 19.7 Å². The molecule has 2 heterocycles. The lowest BCUT2D eigenvalue weighted by atomic mass is 10.1. The van der Waals surface area contributed by atoms with Crippen molar-refractivity contribution >= 4 is 16.9 Å². The number of nitrogens with zero attached hydrogens (tertiary/aromatic N) is 4. The Hall–Kier alpha value is -2.47. The summed E-state index contributed by atoms with van der Waals surface area (Å²) in [5.41, 5.74) is 1.73. The van der Waals surface area contributed by atoms with Crippen molar-refractivity contribution in [3.8, 4) is 5.69 Å². The monoisotopic (exact) mass is 297 g/mol. The zero-order valence-corrected chi connectivity index (χ0v) is 12.5. The molecule has 0 aliphatic heterocycles. The van der Waals surface area contributed by atoms with E-state index in [-0.39, 0.29) is 12.6 Å². The van der Waals surface area contributed by atoms with Gasteiger partial charge >= 0.3 is 0 Å². The number of rotatable bonds is 6. The molecule has 3 aromatic rings. The lowest BCUT2D eigenvalue weighted by molar-refractivity contribution is 0.278. The number of aliphatic hydroxyl groups excluding tert-OH is 1. The Morgan fingerprint density at radius 1 is 1.23 bits per heavy atom. The number of aromatic nitrogens is 4. The van der Waals surface area contributed by atoms with Gasteiger partial charge in [0.05, 0.1) is 17.3 Å². The van der Waals surface area contributed by atoms with E-state index < -0.39 is 0 Å². The Morgan fingerprint density at radius 2 is 2.05 bits per heavy atom. The van der Waals surface area contributed by atoms with E-state index in [1.165, 1.54) is 6.33 Å². The fourth-order valence-corrected chi connectivity index (χ4v) is 2.44. The molecule has 6 heteroatoms. The number of benzene rings is 1. The van der Waals surface area contributed by atoms with Crippen LogP contribution in [0.4, 0.5) is 5.82 Å². The summed E-state index contributed by atoms with van der Waals surface area (Å²) in [5, 5.41) is 17.8. The first-order valence-electron chi connectivity index (χ1n) is 7.45. The number of hydrogen-bond acceptors (Lipinski definition) is 5. The van der Waals surface area contributed by atoms with Gasteiger partial charge in [0, 0.05) is 12.6 Å². The second-order valence-corrected chi connectivity index (χ2v) is 5.11. The largest absolute Gasteiger partial charge is 0.396 e. The molecular weight excluding hydrogens is 278 g/mol. The van der Waals surface area contributed by atoms with Gasteiger partial charge in [-0.1, -0.05) is 25.1 Å². The highest BCUT2D eigenvalue weighted by atomic mass is 16.3. The molecule has 0 saturated heterocycles. The Balaban J connectivity index is 1.99. The Kier molecular flexibility index (Phi) is 4.29. The minimum Gasteiger partial charge on any atom is -0.396 e. The molecule has 0 aliphatic carbocycles. The van der Waals surface area contributed by atoms with E-state index in [2.05, 4.69) is 27.3 Å². The number of nitrogens with one attached hydrogen (secondary N) is 1. The first kappa shape index (κ1) is 14.5. The van der Waals surface area contributed by atoms with Gasteiger partial charge in [-0.2, -0.15) is 5.10 Å². The van der Waals surface area contributed by atoms with E-state index in [9.17, 15) is 0 Å². The summed E-state index contributed by atoms with van der Waals surface area (Å²) in [6, 6.07) is 10.1. The SMILES string of the molecule is CCC(CCO)Nc1ncnc2c1cnn2-c1ccccc1. The van der Waals surface area contributed by atoms with Crippen LogP contribution >= 0.6 is 0 Å². The summed E-state index contributed by atoms with van der Waals surface area (Å²) >= 11 is 0. The summed E-state index contributed by atoms with van der Waals surface area (Å²) in [7, 11) is 0. The molecular formula is C16H19N5O. The van der Waals surface area contributed by atoms with Gasteiger partial charge in [-0.05, 0) is 25.0 Å². The third-order valence-electron chi connectivity index (χ3n) is 3.68. The van der Waals surface area contributed by atoms with Crippen LogP contribution in [0.2, 0.25) is 0 Å². The van der Waals surface area contributed by atoms with Crippen LogP contribution in [0.3, 0.4) is 0 Å². The number of para-hydroxylation sites is 1. The first-order valence-corrected chi connectivity index (χ1v) is 7.45. The normalized spacial score (nSPS) is 12.5. The molecule has 6 nitrogen and oxygen atoms in total. The van der Waals surface area contributed by atoms with Crippen LogP contribution in [0.1, 0.15) is 19.8 Å². The zero-order chi connectivity index (χ0) is 15.4. The first-order chi connectivity index (χ1) is 10.8. The van der Waals surface area contributed by atoms with E-state index in [0.29, 0.717) is 6.42 Å². The standard InChI is InChI=1S/C16H19N5O/c1-2-12(8-9-22)20-15-14-10-19-21(16(14)18-11-17-15)13-6-4-3-5-7-13/h3-7,10-12,22H,2,8-9H2,1H3,(H,17,18,20). The van der Waals surface area contributed by atoms with Crippen molar-refractivity contribution < 1.29 is 5.11 Å². The minimum atomic E-state index is 0.156. The maximum Gasteiger partial charge on any atom is 0.168 e. The van der Waals surface area contributed by atoms with Crippen LogP contribution in [-0.4, -0.2) is 37.5 Å². The van der Waals surface area contributed by atoms with Gasteiger partial charge in [0.2, 0.25) is 0 Å². The molecule has 0 radical (unpaired) electrons. The third kappa shape index (κ3) is 2.78. The van der Waals surface area contributed by atoms with Crippen LogP contribution < -0.4 is 5.32 Å². The number of anilines is 1. The highest BCUT2D eigenvalue weighted by Crippen LogP contribution is 2.22. The van der Waals surface area contributed by atoms with Gasteiger partial charge in [0.15, 0.2) is 5.65 Å². The van der Waals surface area contributed by atoms with Crippen molar-refractivity contribution in [2.24, 2.45) is 0 Å². The van der Waals surface area contributed by atoms with Crippen molar-refractivity contribution in [3.05, 3.63) is 42.9 Å². The van der Waals surface area contributed by atoms with E-state index in [4.69, 9.17) is 5.11 Å². The lowest BCUT2D eigenvalue weighted by Crippen LogP contribution is -2.20. The zero-order valence-electron chi connectivity index (χ0n) is 12.5. The molecule has 22 heavy (non-hydrogen) atoms. The van der Waals surface area contributed by atoms with Crippen LogP contribution in [0.25, 0.3) is 16.7 Å². The smallest absolute Gasteiger partial charge is 0.168 e. The molecule has 1 unspecified atom stereocenters. The van der Waals surface area contributed by atoms with Gasteiger partial charge < -0.3 is 10.4 Å². The van der Waals surface area contributed by atoms with Crippen LogP contribution in [0.15, 0.2) is 42.9 Å². The van der Waals surface area contributed by atoms with E-state index in [1.807, 2.05) is 30.3 Å². The van der Waals surface area contributed by atoms with Crippen LogP contribution in [0.5, 0.6) is 0 Å². The van der Waals surface area contributed by atoms with Gasteiger partial charge in [0.1, 0.15) is 12.1 Å². The molecule has 0 aliphatic rings. The van der Waals surface area contributed by atoms with Crippen molar-refractivity contribution in [2.45, 2.75) is 25.8 Å². The maximum atomic E-state index is 9.12. The predicted octanol–water partition coefficient (Wildman–Crippen LogP) is 2.39. The molecule has 0 amide bonds. The average molecular weight is 297 g/mol. The number of hydrogen-bond donors (Lipinski definition) is 2. The molecule has 0 spiro atoms. The fraction of sp³-hybridized carbons (Fsp3) is 0.312. The third-order valence-corrected chi connectivity index (χ3v) is 3.68. The maximum absolute atomic E-state index is 9.12. The summed E-state index contributed by atoms with van der Waals surface area (Å²) in [4.78, 5) is 8.68. The van der Waals surface area contributed by atoms with Crippen LogP contribution in [-0.2, 0) is 0 Å². The average Bonchev–Trinajstić information content (AvgIpc) is 3.00. The quantitative estimate of drug-likeness (QED) is 0.730. The second-order valence-electron chi connectivity index (χ2n) is 5.11. The van der Waals surface area contributed by atoms with E-state index in [0.717, 1.165) is 29.0 Å². The van der Waals surface area contributed by atoms with E-state index in [1.54, 1.807) is 10.9 Å². The lowest BCUT2D eigenvalue weighted by Gasteiger charge is -2.16. The summed E-state index contributed by atoms with van der Waals surface area (Å²) < 4.78 is 1.80. The van der Waals surface area contributed by atoms with Gasteiger partial charge in [-0.3, -0.25) is 0 Å².